The van der Waals surface area contributed by atoms with Crippen molar-refractivity contribution in [2.24, 2.45) is 0 Å². The molecule has 0 spiro atoms. The van der Waals surface area contributed by atoms with Crippen LogP contribution in [0.5, 0.6) is 0 Å². The number of nitriles is 1. The first-order valence-electron chi connectivity index (χ1n) is 2.75. The van der Waals surface area contributed by atoms with Crippen molar-refractivity contribution in [1.29, 1.82) is 5.26 Å². The van der Waals surface area contributed by atoms with Crippen LogP contribution in [-0.4, -0.2) is 39.0 Å². The van der Waals surface area contributed by atoms with Gasteiger partial charge in [0.15, 0.2) is 0 Å². The molecule has 0 radical (unpaired) electrons. The Morgan fingerprint density at radius 3 is 0.588 bits per heavy atom. The van der Waals surface area contributed by atoms with Crippen LogP contribution in [0.15, 0.2) is 0 Å². The number of nitrogens with zero attached hydrogens (tertiary/aromatic N) is 1. The Balaban J connectivity index is -0.000000188. The summed E-state index contributed by atoms with van der Waals surface area (Å²) in [6, 6.07) is 1.75. The van der Waals surface area contributed by atoms with Crippen LogP contribution in [0, 0.1) is 11.3 Å². The van der Waals surface area contributed by atoms with Crippen LogP contribution in [0.25, 0.3) is 0 Å². The van der Waals surface area contributed by atoms with Crippen molar-refractivity contribution >= 4 is 39.0 Å². The van der Waals surface area contributed by atoms with Crippen molar-refractivity contribution < 1.29 is 33.8 Å². The third kappa shape index (κ3) is 40500. The average Bonchev–Trinajstić information content (AvgIpc) is 1.40. The predicted octanol–water partition coefficient (Wildman–Crippen LogP) is 4.81. The molecule has 0 aliphatic carbocycles. The van der Waals surface area contributed by atoms with E-state index in [2.05, 4.69) is 0 Å². The molecule has 0 heterocycles. The van der Waals surface area contributed by atoms with E-state index in [0.717, 1.165) is 0 Å². The summed E-state index contributed by atoms with van der Waals surface area (Å²) >= 11 is -22.5. The molecular weight excluding hydrogens is 510 g/mol. The van der Waals surface area contributed by atoms with Gasteiger partial charge in [-0.2, -0.15) is 5.26 Å². The summed E-state index contributed by atoms with van der Waals surface area (Å²) in [6.45, 7) is 1.43. The normalized spacial score (nSPS) is 19.5. The van der Waals surface area contributed by atoms with Crippen LogP contribution in [0.4, 0.5) is 33.8 Å². The summed E-state index contributed by atoms with van der Waals surface area (Å²) < 4.78 is 119. The molecule has 0 N–H and O–H groups in total. The molecule has 0 fully saturated rings. The van der Waals surface area contributed by atoms with E-state index in [0.29, 0.717) is 0 Å². The first-order valence-corrected chi connectivity index (χ1v) is 14.3. The summed E-state index contributed by atoms with van der Waals surface area (Å²) in [5.41, 5.74) is 0. The van der Waals surface area contributed by atoms with Gasteiger partial charge in [0.1, 0.15) is 0 Å². The predicted molar refractivity (Wildman–Crippen MR) is 36.1 cm³/mol. The van der Waals surface area contributed by atoms with E-state index in [4.69, 9.17) is 5.26 Å². The second-order valence-corrected chi connectivity index (χ2v) is 13.1. The Morgan fingerprint density at radius 2 is 0.588 bits per heavy atom. The van der Waals surface area contributed by atoms with Crippen LogP contribution < -0.4 is 0 Å². The molecule has 0 saturated heterocycles. The maximum atomic E-state index is 9.93. The van der Waals surface area contributed by atoms with E-state index in [-0.39, 0.29) is 0 Å². The van der Waals surface area contributed by atoms with Crippen LogP contribution in [-0.2, 0) is 0 Å². The monoisotopic (exact) mass is 511 g/mol. The van der Waals surface area contributed by atoms with E-state index in [1.165, 1.54) is 6.92 Å². The van der Waals surface area contributed by atoms with Gasteiger partial charge < -0.3 is 0 Å². The Hall–Kier alpha value is 0.286. The van der Waals surface area contributed by atoms with Gasteiger partial charge in [-0.1, -0.05) is 0 Å². The van der Waals surface area contributed by atoms with Gasteiger partial charge in [0.25, 0.3) is 0 Å². The van der Waals surface area contributed by atoms with Crippen LogP contribution in [0.1, 0.15) is 6.92 Å². The van der Waals surface area contributed by atoms with Gasteiger partial charge in [-0.3, -0.25) is 0 Å². The molecule has 0 atom stereocenters. The van der Waals surface area contributed by atoms with Gasteiger partial charge in [0.05, 0.1) is 6.07 Å². The fourth-order valence-electron chi connectivity index (χ4n) is 0. The van der Waals surface area contributed by atoms with Crippen molar-refractivity contribution in [1.82, 2.24) is 0 Å². The molecular formula is C2H3F12NSb2-2. The average molecular weight is 513 g/mol. The molecule has 17 heavy (non-hydrogen) atoms. The summed E-state index contributed by atoms with van der Waals surface area (Å²) in [4.78, 5) is 0. The topological polar surface area (TPSA) is 23.8 Å². The summed E-state index contributed by atoms with van der Waals surface area (Å²) in [5.74, 6) is 0. The number of hydrogen-bond donors (Lipinski definition) is 0. The third-order valence-electron chi connectivity index (χ3n) is 0. The van der Waals surface area contributed by atoms with Crippen molar-refractivity contribution in [3.63, 3.8) is 0 Å². The van der Waals surface area contributed by atoms with Crippen molar-refractivity contribution in [3.05, 3.63) is 0 Å². The van der Waals surface area contributed by atoms with Crippen molar-refractivity contribution in [2.75, 3.05) is 0 Å². The number of halogens is 12. The first kappa shape index (κ1) is 22.5. The van der Waals surface area contributed by atoms with Crippen molar-refractivity contribution in [2.45, 2.75) is 6.92 Å². The standard InChI is InChI=1S/C2H3N.12FH.2Sb/c1-2-3;;;;;;;;;;;;;;/h1H3;12*1H;;/q;;;;;;;;;;;;;2*+5/p-12. The summed E-state index contributed by atoms with van der Waals surface area (Å²) in [6.07, 6.45) is 0. The van der Waals surface area contributed by atoms with E-state index >= 15 is 0 Å². The molecule has 0 aliphatic heterocycles. The molecule has 0 unspecified atom stereocenters. The Morgan fingerprint density at radius 1 is 0.588 bits per heavy atom. The molecule has 0 aromatic rings. The zero-order valence-corrected chi connectivity index (χ0v) is 12.5. The summed E-state index contributed by atoms with van der Waals surface area (Å²) in [5, 5.41) is 7.32. The first-order chi connectivity index (χ1) is 6.31. The van der Waals surface area contributed by atoms with Crippen LogP contribution >= 0.6 is 0 Å². The Kier molecular flexibility index (Phi) is 5.14. The second-order valence-electron chi connectivity index (χ2n) is 2.14. The molecule has 0 aromatic carbocycles. The summed E-state index contributed by atoms with van der Waals surface area (Å²) in [7, 11) is 0. The molecule has 0 aromatic heterocycles. The minimum atomic E-state index is -11.2. The second kappa shape index (κ2) is 3.89. The molecule has 15 heteroatoms. The molecule has 112 valence electrons. The minimum absolute atomic E-state index is 1.43. The SMILES string of the molecule is CC#N.[F][Sb-]([F])([F])([F])([F])[F].[F][Sb-]([F])([F])([F])([F])[F]. The van der Waals surface area contributed by atoms with E-state index in [1.54, 1.807) is 6.07 Å². The van der Waals surface area contributed by atoms with E-state index < -0.39 is 39.0 Å². The zero-order chi connectivity index (χ0) is 15.5. The van der Waals surface area contributed by atoms with Crippen LogP contribution in [0.2, 0.25) is 0 Å². The number of rotatable bonds is 0. The molecule has 0 saturated carbocycles. The zero-order valence-electron chi connectivity index (χ0n) is 7.38. The van der Waals surface area contributed by atoms with Gasteiger partial charge in [-0.05, 0) is 0 Å². The molecule has 0 amide bonds. The molecule has 1 nitrogen and oxygen atoms in total. The molecule has 0 aliphatic rings. The third-order valence-corrected chi connectivity index (χ3v) is 0. The number of hydrogen-bond acceptors (Lipinski definition) is 1. The van der Waals surface area contributed by atoms with Gasteiger partial charge in [-0.25, -0.2) is 0 Å². The Labute approximate surface area is 90.8 Å². The van der Waals surface area contributed by atoms with Crippen molar-refractivity contribution in [3.8, 4) is 6.07 Å². The van der Waals surface area contributed by atoms with Gasteiger partial charge in [-0.15, -0.1) is 0 Å². The van der Waals surface area contributed by atoms with E-state index in [9.17, 15) is 33.8 Å². The molecule has 0 rings (SSSR count). The Bertz CT molecular complexity index is 238. The maximum absolute atomic E-state index is 11.2. The van der Waals surface area contributed by atoms with Gasteiger partial charge in [0, 0.05) is 6.92 Å². The fourth-order valence-corrected chi connectivity index (χ4v) is 0. The quantitative estimate of drug-likeness (QED) is 0.338. The van der Waals surface area contributed by atoms with Gasteiger partial charge in [0.2, 0.25) is 0 Å². The van der Waals surface area contributed by atoms with Gasteiger partial charge >= 0.3 is 72.7 Å². The fraction of sp³-hybridized carbons (Fsp3) is 0.500. The van der Waals surface area contributed by atoms with E-state index in [1.807, 2.05) is 0 Å². The van der Waals surface area contributed by atoms with Crippen LogP contribution in [0.3, 0.4) is 0 Å². The molecule has 0 bridgehead atoms.